The number of aryl methyl sites for hydroxylation is 2. The van der Waals surface area contributed by atoms with Crippen LogP contribution in [0.4, 0.5) is 5.82 Å². The molecule has 1 saturated heterocycles. The topological polar surface area (TPSA) is 25.4 Å². The highest BCUT2D eigenvalue weighted by Crippen LogP contribution is 2.36. The first kappa shape index (κ1) is 26.7. The highest BCUT2D eigenvalue weighted by atomic mass is 79.9. The zero-order valence-corrected chi connectivity index (χ0v) is 24.3. The van der Waals surface area contributed by atoms with Crippen molar-refractivity contribution in [1.29, 1.82) is 0 Å². The van der Waals surface area contributed by atoms with Crippen LogP contribution < -0.4 is 9.64 Å². The van der Waals surface area contributed by atoms with E-state index < -0.39 is 0 Å². The molecule has 2 aromatic carbocycles. The first-order valence-corrected chi connectivity index (χ1v) is 14.3. The lowest BCUT2D eigenvalue weighted by Crippen LogP contribution is -2.25. The maximum absolute atomic E-state index is 6.32. The molecule has 0 N–H and O–H groups in total. The van der Waals surface area contributed by atoms with E-state index in [4.69, 9.17) is 4.74 Å². The van der Waals surface area contributed by atoms with Gasteiger partial charge in [-0.1, -0.05) is 65.8 Å². The van der Waals surface area contributed by atoms with Crippen LogP contribution in [0.1, 0.15) is 93.5 Å². The molecule has 0 radical (unpaired) electrons. The van der Waals surface area contributed by atoms with E-state index in [0.29, 0.717) is 17.8 Å². The average Bonchev–Trinajstić information content (AvgIpc) is 3.31. The van der Waals surface area contributed by atoms with Crippen molar-refractivity contribution in [2.24, 2.45) is 0 Å². The molecule has 4 heteroatoms. The number of halogens is 1. The minimum absolute atomic E-state index is 0.198. The van der Waals surface area contributed by atoms with E-state index in [1.54, 1.807) is 11.1 Å². The summed E-state index contributed by atoms with van der Waals surface area (Å²) in [5.41, 5.74) is 7.53. The molecule has 1 aliphatic heterocycles. The quantitative estimate of drug-likeness (QED) is 0.267. The third-order valence-corrected chi connectivity index (χ3v) is 7.75. The van der Waals surface area contributed by atoms with Crippen LogP contribution >= 0.6 is 15.9 Å². The van der Waals surface area contributed by atoms with Crippen LogP contribution in [0.3, 0.4) is 0 Å². The molecule has 192 valence electrons. The van der Waals surface area contributed by atoms with Gasteiger partial charge in [-0.3, -0.25) is 0 Å². The van der Waals surface area contributed by atoms with Crippen LogP contribution in [-0.2, 0) is 12.8 Å². The Bertz CT molecular complexity index is 1140. The zero-order chi connectivity index (χ0) is 25.8. The molecular formula is C32H41BrN2O. The molecule has 0 spiro atoms. The molecule has 0 bridgehead atoms. The summed E-state index contributed by atoms with van der Waals surface area (Å²) in [7, 11) is 0. The Hall–Kier alpha value is -2.33. The van der Waals surface area contributed by atoms with Crippen molar-refractivity contribution in [3.63, 3.8) is 0 Å². The number of hydrogen-bond acceptors (Lipinski definition) is 3. The Morgan fingerprint density at radius 1 is 0.861 bits per heavy atom. The Morgan fingerprint density at radius 3 is 2.19 bits per heavy atom. The molecule has 1 aliphatic rings. The zero-order valence-electron chi connectivity index (χ0n) is 22.7. The first-order valence-electron chi connectivity index (χ1n) is 13.5. The van der Waals surface area contributed by atoms with E-state index in [1.165, 1.54) is 16.7 Å². The normalized spacial score (nSPS) is 15.9. The van der Waals surface area contributed by atoms with Gasteiger partial charge in [0.25, 0.3) is 0 Å². The van der Waals surface area contributed by atoms with Gasteiger partial charge in [-0.25, -0.2) is 4.98 Å². The van der Waals surface area contributed by atoms with Gasteiger partial charge < -0.3 is 9.64 Å². The summed E-state index contributed by atoms with van der Waals surface area (Å²) in [6.45, 7) is 15.9. The van der Waals surface area contributed by atoms with Crippen molar-refractivity contribution in [1.82, 2.24) is 4.98 Å². The van der Waals surface area contributed by atoms with Crippen LogP contribution in [0.25, 0.3) is 0 Å². The minimum atomic E-state index is 0.198. The minimum Gasteiger partial charge on any atom is -0.489 e. The average molecular weight is 550 g/mol. The van der Waals surface area contributed by atoms with Crippen molar-refractivity contribution in [2.75, 3.05) is 18.0 Å². The molecule has 1 fully saturated rings. The SMILES string of the molecule is CC(C)c1ccc(CCc2ccc(O[C@@H]3CCN(c4ccc(Br)cn4)C3)cc2)c(C(C)C)c1C(C)C. The van der Waals surface area contributed by atoms with Crippen LogP contribution in [0.5, 0.6) is 5.75 Å². The highest BCUT2D eigenvalue weighted by Gasteiger charge is 2.25. The van der Waals surface area contributed by atoms with E-state index in [1.807, 2.05) is 12.3 Å². The maximum atomic E-state index is 6.32. The maximum Gasteiger partial charge on any atom is 0.128 e. The largest absolute Gasteiger partial charge is 0.489 e. The summed E-state index contributed by atoms with van der Waals surface area (Å²) < 4.78 is 7.32. The third-order valence-electron chi connectivity index (χ3n) is 7.28. The van der Waals surface area contributed by atoms with Gasteiger partial charge in [0.2, 0.25) is 0 Å². The smallest absolute Gasteiger partial charge is 0.128 e. The van der Waals surface area contributed by atoms with E-state index in [-0.39, 0.29) is 6.10 Å². The number of nitrogens with zero attached hydrogens (tertiary/aromatic N) is 2. The molecule has 3 nitrogen and oxygen atoms in total. The summed E-state index contributed by atoms with van der Waals surface area (Å²) in [4.78, 5) is 6.83. The second-order valence-corrected chi connectivity index (χ2v) is 12.0. The summed E-state index contributed by atoms with van der Waals surface area (Å²) >= 11 is 3.46. The Morgan fingerprint density at radius 2 is 1.58 bits per heavy atom. The molecule has 1 aromatic heterocycles. The molecular weight excluding hydrogens is 508 g/mol. The summed E-state index contributed by atoms with van der Waals surface area (Å²) in [5.74, 6) is 3.61. The van der Waals surface area contributed by atoms with Crippen molar-refractivity contribution < 1.29 is 4.74 Å². The molecule has 0 amide bonds. The van der Waals surface area contributed by atoms with Gasteiger partial charge >= 0.3 is 0 Å². The van der Waals surface area contributed by atoms with Gasteiger partial charge in [0.15, 0.2) is 0 Å². The highest BCUT2D eigenvalue weighted by molar-refractivity contribution is 9.10. The molecule has 0 aliphatic carbocycles. The molecule has 36 heavy (non-hydrogen) atoms. The molecule has 4 rings (SSSR count). The third kappa shape index (κ3) is 6.32. The lowest BCUT2D eigenvalue weighted by atomic mass is 9.79. The van der Waals surface area contributed by atoms with Gasteiger partial charge in [-0.2, -0.15) is 0 Å². The molecule has 3 aromatic rings. The van der Waals surface area contributed by atoms with E-state index in [2.05, 4.69) is 110 Å². The van der Waals surface area contributed by atoms with Gasteiger partial charge in [-0.05, 0) is 98.6 Å². The predicted molar refractivity (Wildman–Crippen MR) is 156 cm³/mol. The van der Waals surface area contributed by atoms with Gasteiger partial charge in [-0.15, -0.1) is 0 Å². The Labute approximate surface area is 226 Å². The number of aromatic nitrogens is 1. The first-order chi connectivity index (χ1) is 17.2. The molecule has 1 atom stereocenters. The number of pyridine rings is 1. The fraction of sp³-hybridized carbons (Fsp3) is 0.469. The number of rotatable bonds is 9. The van der Waals surface area contributed by atoms with Gasteiger partial charge in [0.1, 0.15) is 17.7 Å². The second kappa shape index (κ2) is 11.8. The number of benzene rings is 2. The standard InChI is InChI=1S/C32H41BrN2O/c1-21(2)29-15-11-25(31(22(3)4)32(29)23(5)6)10-7-24-8-13-27(14-9-24)36-28-17-18-35(20-28)30-16-12-26(33)19-34-30/h8-9,11-16,19,21-23,28H,7,10,17-18,20H2,1-6H3/t28-/m1/s1. The van der Waals surface area contributed by atoms with Crippen molar-refractivity contribution >= 4 is 21.7 Å². The van der Waals surface area contributed by atoms with Crippen molar-refractivity contribution in [3.8, 4) is 5.75 Å². The van der Waals surface area contributed by atoms with Gasteiger partial charge in [0.05, 0.1) is 6.54 Å². The number of anilines is 1. The van der Waals surface area contributed by atoms with Crippen LogP contribution in [0, 0.1) is 0 Å². The Kier molecular flexibility index (Phi) is 8.77. The predicted octanol–water partition coefficient (Wildman–Crippen LogP) is 8.66. The fourth-order valence-corrected chi connectivity index (χ4v) is 5.77. The van der Waals surface area contributed by atoms with Gasteiger partial charge in [0, 0.05) is 23.6 Å². The number of ether oxygens (including phenoxy) is 1. The second-order valence-electron chi connectivity index (χ2n) is 11.1. The van der Waals surface area contributed by atoms with Crippen molar-refractivity contribution in [2.45, 2.75) is 84.7 Å². The van der Waals surface area contributed by atoms with Crippen LogP contribution in [0.15, 0.2) is 59.2 Å². The van der Waals surface area contributed by atoms with E-state index in [0.717, 1.165) is 48.4 Å². The summed E-state index contributed by atoms with van der Waals surface area (Å²) in [6.07, 6.45) is 5.19. The lowest BCUT2D eigenvalue weighted by molar-refractivity contribution is 0.225. The molecule has 0 unspecified atom stereocenters. The van der Waals surface area contributed by atoms with Crippen LogP contribution in [-0.4, -0.2) is 24.2 Å². The number of hydrogen-bond donors (Lipinski definition) is 0. The monoisotopic (exact) mass is 548 g/mol. The van der Waals surface area contributed by atoms with Crippen LogP contribution in [0.2, 0.25) is 0 Å². The van der Waals surface area contributed by atoms with Crippen molar-refractivity contribution in [3.05, 3.63) is 87.0 Å². The molecule has 0 saturated carbocycles. The summed E-state index contributed by atoms with van der Waals surface area (Å²) in [6, 6.07) is 17.6. The van der Waals surface area contributed by atoms with E-state index >= 15 is 0 Å². The summed E-state index contributed by atoms with van der Waals surface area (Å²) in [5, 5.41) is 0. The lowest BCUT2D eigenvalue weighted by Gasteiger charge is -2.25. The Balaban J connectivity index is 1.39. The van der Waals surface area contributed by atoms with E-state index in [9.17, 15) is 0 Å². The fourth-order valence-electron chi connectivity index (χ4n) is 5.54. The molecule has 2 heterocycles.